The summed E-state index contributed by atoms with van der Waals surface area (Å²) >= 11 is 0. The van der Waals surface area contributed by atoms with Gasteiger partial charge in [0.2, 0.25) is 0 Å². The van der Waals surface area contributed by atoms with Crippen molar-refractivity contribution in [3.8, 4) is 11.1 Å². The van der Waals surface area contributed by atoms with Crippen LogP contribution in [0.2, 0.25) is 0 Å². The minimum Gasteiger partial charge on any atom is -0.347 e. The molecule has 5 heteroatoms. The summed E-state index contributed by atoms with van der Waals surface area (Å²) in [5.41, 5.74) is 4.70. The number of hydrogen-bond donors (Lipinski definition) is 2. The maximum absolute atomic E-state index is 13.9. The molecule has 1 saturated heterocycles. The zero-order chi connectivity index (χ0) is 20.0. The van der Waals surface area contributed by atoms with E-state index in [1.807, 2.05) is 18.5 Å². The number of rotatable bonds is 4. The molecular weight excluding hydrogens is 378 g/mol. The normalized spacial score (nSPS) is 22.1. The Balaban J connectivity index is 1.39. The molecular formula is C24H27N3OS. The number of benzene rings is 2. The monoisotopic (exact) mass is 405 g/mol. The Morgan fingerprint density at radius 1 is 1.17 bits per heavy atom. The Morgan fingerprint density at radius 3 is 2.86 bits per heavy atom. The van der Waals surface area contributed by atoms with Gasteiger partial charge in [0, 0.05) is 51.3 Å². The molecule has 0 radical (unpaired) electrons. The highest BCUT2D eigenvalue weighted by molar-refractivity contribution is 8.03. The first-order valence-electron chi connectivity index (χ1n) is 10.3. The first kappa shape index (κ1) is 18.4. The first-order chi connectivity index (χ1) is 14.0. The number of hydrogen-bond acceptors (Lipinski definition) is 2. The van der Waals surface area contributed by atoms with Crippen LogP contribution in [0.5, 0.6) is 0 Å². The van der Waals surface area contributed by atoms with Gasteiger partial charge < -0.3 is 4.57 Å². The van der Waals surface area contributed by atoms with Gasteiger partial charge in [-0.2, -0.15) is 5.10 Å². The molecule has 0 saturated carbocycles. The van der Waals surface area contributed by atoms with Crippen molar-refractivity contribution in [2.24, 2.45) is 5.92 Å². The molecule has 5 rings (SSSR count). The number of nitrogens with one attached hydrogen (secondary N) is 1. The zero-order valence-corrected chi connectivity index (χ0v) is 17.8. The third-order valence-electron chi connectivity index (χ3n) is 6.41. The van der Waals surface area contributed by atoms with Crippen LogP contribution in [0.3, 0.4) is 0 Å². The number of nitrogens with zero attached hydrogens (tertiary/aromatic N) is 2. The predicted molar refractivity (Wildman–Crippen MR) is 121 cm³/mol. The molecule has 1 N–H and O–H groups in total. The average molecular weight is 406 g/mol. The highest BCUT2D eigenvalue weighted by Crippen LogP contribution is 2.39. The number of thiol groups is 1. The maximum atomic E-state index is 13.9. The molecule has 0 amide bonds. The summed E-state index contributed by atoms with van der Waals surface area (Å²) in [6.45, 7) is 5.18. The van der Waals surface area contributed by atoms with Crippen LogP contribution < -0.4 is 0 Å². The second-order valence-corrected chi connectivity index (χ2v) is 11.9. The molecule has 2 aromatic carbocycles. The lowest BCUT2D eigenvalue weighted by atomic mass is 10.1. The van der Waals surface area contributed by atoms with Gasteiger partial charge in [-0.25, -0.2) is 0 Å². The number of aromatic amines is 1. The highest BCUT2D eigenvalue weighted by Gasteiger charge is 2.37. The molecule has 2 unspecified atom stereocenters. The molecule has 4 aromatic rings. The van der Waals surface area contributed by atoms with Gasteiger partial charge in [0.25, 0.3) is 0 Å². The lowest BCUT2D eigenvalue weighted by Gasteiger charge is -2.23. The number of aromatic nitrogens is 3. The quantitative estimate of drug-likeness (QED) is 0.478. The zero-order valence-electron chi connectivity index (χ0n) is 16.9. The van der Waals surface area contributed by atoms with Crippen LogP contribution in [-0.2, 0) is 16.5 Å². The summed E-state index contributed by atoms with van der Waals surface area (Å²) in [5.74, 6) is 1.25. The van der Waals surface area contributed by atoms with E-state index in [1.165, 1.54) is 22.0 Å². The molecule has 4 nitrogen and oxygen atoms in total. The van der Waals surface area contributed by atoms with Gasteiger partial charge in [0.1, 0.15) is 0 Å². The Bertz CT molecular complexity index is 1210. The summed E-state index contributed by atoms with van der Waals surface area (Å²) < 4.78 is 16.2. The van der Waals surface area contributed by atoms with Crippen LogP contribution in [0.4, 0.5) is 0 Å². The van der Waals surface area contributed by atoms with Crippen molar-refractivity contribution in [1.82, 2.24) is 14.8 Å². The van der Waals surface area contributed by atoms with Gasteiger partial charge >= 0.3 is 0 Å². The van der Waals surface area contributed by atoms with Gasteiger partial charge in [-0.15, -0.1) is 0 Å². The molecule has 29 heavy (non-hydrogen) atoms. The standard InChI is InChI=1S/C24H27N3OS/c1-17-4-3-5-23(10-17)29(28)16-19(11-18(29)2)15-27-9-8-21-12-20(6-7-24(21)27)22-13-25-26-14-22/h3-10,12-14,18-19,29H,11,15-16H2,1-2H3,(H,25,26). The summed E-state index contributed by atoms with van der Waals surface area (Å²) in [6.07, 6.45) is 6.96. The fourth-order valence-corrected chi connectivity index (χ4v) is 8.38. The van der Waals surface area contributed by atoms with Gasteiger partial charge in [0.15, 0.2) is 0 Å². The van der Waals surface area contributed by atoms with Crippen molar-refractivity contribution in [2.45, 2.75) is 37.0 Å². The smallest absolute Gasteiger partial charge is 0.0565 e. The first-order valence-corrected chi connectivity index (χ1v) is 12.2. The van der Waals surface area contributed by atoms with Crippen LogP contribution in [0.15, 0.2) is 72.0 Å². The molecule has 2 atom stereocenters. The molecule has 0 aliphatic carbocycles. The third kappa shape index (κ3) is 3.23. The molecule has 0 spiro atoms. The minimum atomic E-state index is -2.34. The summed E-state index contributed by atoms with van der Waals surface area (Å²) in [7, 11) is -2.34. The topological polar surface area (TPSA) is 50.7 Å². The molecule has 0 bridgehead atoms. The van der Waals surface area contributed by atoms with Gasteiger partial charge in [-0.1, -0.05) is 40.6 Å². The average Bonchev–Trinajstić information content (AvgIpc) is 3.43. The fourth-order valence-electron chi connectivity index (χ4n) is 4.87. The number of H-pyrrole nitrogens is 1. The van der Waals surface area contributed by atoms with E-state index in [4.69, 9.17) is 0 Å². The lowest BCUT2D eigenvalue weighted by Crippen LogP contribution is -2.23. The predicted octanol–water partition coefficient (Wildman–Crippen LogP) is 4.82. The second kappa shape index (κ2) is 6.99. The molecule has 1 aliphatic rings. The summed E-state index contributed by atoms with van der Waals surface area (Å²) in [4.78, 5) is 1.06. The Labute approximate surface area is 172 Å². The Kier molecular flexibility index (Phi) is 4.43. The van der Waals surface area contributed by atoms with E-state index >= 15 is 0 Å². The van der Waals surface area contributed by atoms with Crippen LogP contribution in [0, 0.1) is 12.8 Å². The van der Waals surface area contributed by atoms with E-state index in [0.717, 1.165) is 29.2 Å². The molecule has 1 fully saturated rings. The van der Waals surface area contributed by atoms with Crippen LogP contribution in [0.25, 0.3) is 22.0 Å². The largest absolute Gasteiger partial charge is 0.347 e. The van der Waals surface area contributed by atoms with Gasteiger partial charge in [0.05, 0.1) is 6.20 Å². The fraction of sp³-hybridized carbons (Fsp3) is 0.292. The van der Waals surface area contributed by atoms with E-state index < -0.39 is 9.93 Å². The van der Waals surface area contributed by atoms with Crippen LogP contribution in [-0.4, -0.2) is 30.0 Å². The molecule has 150 valence electrons. The van der Waals surface area contributed by atoms with Crippen molar-refractivity contribution in [1.29, 1.82) is 0 Å². The van der Waals surface area contributed by atoms with Crippen molar-refractivity contribution in [2.75, 3.05) is 5.75 Å². The molecule has 3 heterocycles. The van der Waals surface area contributed by atoms with Crippen molar-refractivity contribution in [3.05, 3.63) is 72.7 Å². The van der Waals surface area contributed by atoms with Crippen LogP contribution in [0.1, 0.15) is 18.9 Å². The van der Waals surface area contributed by atoms with Gasteiger partial charge in [-0.05, 0) is 55.2 Å². The number of aryl methyl sites for hydroxylation is 1. The lowest BCUT2D eigenvalue weighted by molar-refractivity contribution is 0.484. The summed E-state index contributed by atoms with van der Waals surface area (Å²) in [5, 5.41) is 8.41. The highest BCUT2D eigenvalue weighted by atomic mass is 32.2. The van der Waals surface area contributed by atoms with E-state index in [9.17, 15) is 4.21 Å². The third-order valence-corrected chi connectivity index (χ3v) is 10.3. The van der Waals surface area contributed by atoms with Crippen molar-refractivity contribution >= 4 is 20.8 Å². The van der Waals surface area contributed by atoms with E-state index in [-0.39, 0.29) is 5.25 Å². The van der Waals surface area contributed by atoms with Crippen molar-refractivity contribution in [3.63, 3.8) is 0 Å². The minimum absolute atomic E-state index is 0.254. The van der Waals surface area contributed by atoms with Gasteiger partial charge in [-0.3, -0.25) is 9.31 Å². The van der Waals surface area contributed by atoms with E-state index in [1.54, 1.807) is 0 Å². The number of fused-ring (bicyclic) bond motifs is 1. The second-order valence-electron chi connectivity index (χ2n) is 8.50. The van der Waals surface area contributed by atoms with E-state index in [0.29, 0.717) is 5.92 Å². The molecule has 1 aliphatic heterocycles. The van der Waals surface area contributed by atoms with E-state index in [2.05, 4.69) is 77.3 Å². The summed E-state index contributed by atoms with van der Waals surface area (Å²) in [6, 6.07) is 17.0. The Hall–Kier alpha value is -2.66. The Morgan fingerprint density at radius 2 is 2.07 bits per heavy atom. The molecule has 2 aromatic heterocycles. The SMILES string of the molecule is Cc1cccc([SH]2(=O)CC(Cn3ccc4cc(-c5cn[nH]c5)ccc43)CC2C)c1. The van der Waals surface area contributed by atoms with Crippen molar-refractivity contribution < 1.29 is 4.21 Å². The van der Waals surface area contributed by atoms with Crippen LogP contribution >= 0.6 is 0 Å². The maximum Gasteiger partial charge on any atom is 0.0565 e.